The molecule has 2 atom stereocenters. The molecule has 1 fully saturated rings. The van der Waals surface area contributed by atoms with Crippen LogP contribution in [0.1, 0.15) is 40.5 Å². The minimum absolute atomic E-state index is 0.0330. The molecule has 1 rings (SSSR count). The van der Waals surface area contributed by atoms with Crippen LogP contribution in [0, 0.1) is 11.3 Å². The summed E-state index contributed by atoms with van der Waals surface area (Å²) in [6.07, 6.45) is 1.64. The summed E-state index contributed by atoms with van der Waals surface area (Å²) in [4.78, 5) is 0. The predicted octanol–water partition coefficient (Wildman–Crippen LogP) is 1.57. The monoisotopic (exact) mass is 233 g/mol. The highest BCUT2D eigenvalue weighted by atomic mass is 32.2. The summed E-state index contributed by atoms with van der Waals surface area (Å²) in [6.45, 7) is 7.98. The lowest BCUT2D eigenvalue weighted by atomic mass is 9.88. The molecule has 0 radical (unpaired) electrons. The molecule has 0 amide bonds. The van der Waals surface area contributed by atoms with Crippen molar-refractivity contribution >= 4 is 9.84 Å². The van der Waals surface area contributed by atoms with Crippen molar-refractivity contribution in [2.75, 3.05) is 5.75 Å². The molecular weight excluding hydrogens is 210 g/mol. The van der Waals surface area contributed by atoms with Crippen LogP contribution in [0.4, 0.5) is 0 Å². The molecule has 3 nitrogen and oxygen atoms in total. The van der Waals surface area contributed by atoms with Crippen molar-refractivity contribution in [1.82, 2.24) is 0 Å². The molecule has 0 heterocycles. The van der Waals surface area contributed by atoms with Crippen LogP contribution in [-0.4, -0.2) is 25.5 Å². The smallest absolute Gasteiger partial charge is 0.154 e. The second kappa shape index (κ2) is 4.06. The number of hydrogen-bond acceptors (Lipinski definition) is 3. The van der Waals surface area contributed by atoms with E-state index in [4.69, 9.17) is 5.73 Å². The molecule has 0 aromatic rings. The van der Waals surface area contributed by atoms with Crippen molar-refractivity contribution in [2.24, 2.45) is 17.1 Å². The van der Waals surface area contributed by atoms with Crippen LogP contribution in [0.3, 0.4) is 0 Å². The molecule has 2 unspecified atom stereocenters. The van der Waals surface area contributed by atoms with E-state index in [1.54, 1.807) is 0 Å². The lowest BCUT2D eigenvalue weighted by molar-refractivity contribution is 0.332. The molecule has 0 spiro atoms. The Morgan fingerprint density at radius 2 is 1.93 bits per heavy atom. The van der Waals surface area contributed by atoms with Gasteiger partial charge in [-0.15, -0.1) is 0 Å². The minimum Gasteiger partial charge on any atom is -0.326 e. The van der Waals surface area contributed by atoms with Gasteiger partial charge in [-0.05, 0) is 24.2 Å². The second-order valence-corrected chi connectivity index (χ2v) is 8.08. The van der Waals surface area contributed by atoms with E-state index in [1.165, 1.54) is 0 Å². The van der Waals surface area contributed by atoms with Gasteiger partial charge in [0.15, 0.2) is 9.84 Å². The van der Waals surface area contributed by atoms with Gasteiger partial charge >= 0.3 is 0 Å². The third-order valence-corrected chi connectivity index (χ3v) is 5.99. The fraction of sp³-hybridized carbons (Fsp3) is 1.00. The zero-order chi connectivity index (χ0) is 11.9. The molecule has 0 aromatic heterocycles. The zero-order valence-corrected chi connectivity index (χ0v) is 11.0. The van der Waals surface area contributed by atoms with Crippen molar-refractivity contribution in [3.8, 4) is 0 Å². The standard InChI is InChI=1S/C11H23NO2S/c1-8(2)7-15(13,14)9-5-6-11(3,4)10(9)12/h8-10H,5-7,12H2,1-4H3. The Labute approximate surface area is 93.3 Å². The Morgan fingerprint density at radius 3 is 2.27 bits per heavy atom. The first-order valence-corrected chi connectivity index (χ1v) is 7.35. The van der Waals surface area contributed by atoms with E-state index >= 15 is 0 Å². The van der Waals surface area contributed by atoms with Crippen LogP contribution in [-0.2, 0) is 9.84 Å². The molecule has 4 heteroatoms. The minimum atomic E-state index is -3.00. The van der Waals surface area contributed by atoms with Gasteiger partial charge < -0.3 is 5.73 Å². The maximum atomic E-state index is 12.1. The summed E-state index contributed by atoms with van der Waals surface area (Å²) in [7, 11) is -3.00. The van der Waals surface area contributed by atoms with Gasteiger partial charge in [-0.2, -0.15) is 0 Å². The number of hydrogen-bond donors (Lipinski definition) is 1. The molecule has 1 aliphatic carbocycles. The first-order chi connectivity index (χ1) is 6.67. The van der Waals surface area contributed by atoms with E-state index in [-0.39, 0.29) is 28.4 Å². The van der Waals surface area contributed by atoms with Gasteiger partial charge in [0.05, 0.1) is 11.0 Å². The van der Waals surface area contributed by atoms with E-state index in [9.17, 15) is 8.42 Å². The van der Waals surface area contributed by atoms with E-state index < -0.39 is 9.84 Å². The largest absolute Gasteiger partial charge is 0.326 e. The Balaban J connectivity index is 2.83. The molecule has 0 saturated heterocycles. The van der Waals surface area contributed by atoms with Crippen molar-refractivity contribution in [3.63, 3.8) is 0 Å². The molecule has 2 N–H and O–H groups in total. The molecule has 1 aliphatic rings. The average molecular weight is 233 g/mol. The summed E-state index contributed by atoms with van der Waals surface area (Å²) in [6, 6.07) is -0.207. The van der Waals surface area contributed by atoms with Crippen LogP contribution in [0.15, 0.2) is 0 Å². The highest BCUT2D eigenvalue weighted by Crippen LogP contribution is 2.39. The second-order valence-electron chi connectivity index (χ2n) is 5.81. The summed E-state index contributed by atoms with van der Waals surface area (Å²) in [5.74, 6) is 0.451. The highest BCUT2D eigenvalue weighted by molar-refractivity contribution is 7.92. The number of sulfone groups is 1. The fourth-order valence-electron chi connectivity index (χ4n) is 2.35. The summed E-state index contributed by atoms with van der Waals surface area (Å²) < 4.78 is 24.1. The van der Waals surface area contributed by atoms with Crippen molar-refractivity contribution in [3.05, 3.63) is 0 Å². The first-order valence-electron chi connectivity index (χ1n) is 5.64. The van der Waals surface area contributed by atoms with Gasteiger partial charge in [-0.3, -0.25) is 0 Å². The third kappa shape index (κ3) is 2.72. The Kier molecular flexibility index (Phi) is 3.51. The normalized spacial score (nSPS) is 31.1. The Morgan fingerprint density at radius 1 is 1.40 bits per heavy atom. The molecule has 0 aromatic carbocycles. The summed E-state index contributed by atoms with van der Waals surface area (Å²) >= 11 is 0. The Bertz CT molecular complexity index is 319. The van der Waals surface area contributed by atoms with Gasteiger partial charge in [-0.25, -0.2) is 8.42 Å². The van der Waals surface area contributed by atoms with Crippen LogP contribution in [0.25, 0.3) is 0 Å². The lowest BCUT2D eigenvalue weighted by Gasteiger charge is -2.27. The molecule has 0 bridgehead atoms. The third-order valence-electron chi connectivity index (χ3n) is 3.40. The molecule has 1 saturated carbocycles. The molecule has 0 aliphatic heterocycles. The van der Waals surface area contributed by atoms with Gasteiger partial charge in [0.2, 0.25) is 0 Å². The SMILES string of the molecule is CC(C)CS(=O)(=O)C1CCC(C)(C)C1N. The average Bonchev–Trinajstić information content (AvgIpc) is 2.25. The lowest BCUT2D eigenvalue weighted by Crippen LogP contribution is -2.44. The van der Waals surface area contributed by atoms with Crippen LogP contribution in [0.5, 0.6) is 0 Å². The van der Waals surface area contributed by atoms with Crippen molar-refractivity contribution in [1.29, 1.82) is 0 Å². The van der Waals surface area contributed by atoms with Gasteiger partial charge in [0, 0.05) is 6.04 Å². The van der Waals surface area contributed by atoms with E-state index in [0.717, 1.165) is 12.8 Å². The molecular formula is C11H23NO2S. The van der Waals surface area contributed by atoms with Crippen LogP contribution >= 0.6 is 0 Å². The van der Waals surface area contributed by atoms with Crippen LogP contribution < -0.4 is 5.73 Å². The Hall–Kier alpha value is -0.0900. The van der Waals surface area contributed by atoms with Crippen LogP contribution in [0.2, 0.25) is 0 Å². The maximum absolute atomic E-state index is 12.1. The fourth-order valence-corrected chi connectivity index (χ4v) is 4.82. The highest BCUT2D eigenvalue weighted by Gasteiger charge is 2.45. The number of rotatable bonds is 3. The van der Waals surface area contributed by atoms with E-state index in [2.05, 4.69) is 13.8 Å². The maximum Gasteiger partial charge on any atom is 0.154 e. The van der Waals surface area contributed by atoms with Crippen molar-refractivity contribution < 1.29 is 8.42 Å². The quantitative estimate of drug-likeness (QED) is 0.805. The number of nitrogens with two attached hydrogens (primary N) is 1. The summed E-state index contributed by atoms with van der Waals surface area (Å²) in [5.41, 5.74) is 6.01. The van der Waals surface area contributed by atoms with Gasteiger partial charge in [-0.1, -0.05) is 27.7 Å². The predicted molar refractivity (Wildman–Crippen MR) is 63.4 cm³/mol. The van der Waals surface area contributed by atoms with Gasteiger partial charge in [0.1, 0.15) is 0 Å². The van der Waals surface area contributed by atoms with E-state index in [0.29, 0.717) is 0 Å². The topological polar surface area (TPSA) is 60.2 Å². The summed E-state index contributed by atoms with van der Waals surface area (Å²) in [5, 5.41) is -0.324. The first kappa shape index (κ1) is 13.0. The van der Waals surface area contributed by atoms with E-state index in [1.807, 2.05) is 13.8 Å². The van der Waals surface area contributed by atoms with Gasteiger partial charge in [0.25, 0.3) is 0 Å². The zero-order valence-electron chi connectivity index (χ0n) is 10.2. The van der Waals surface area contributed by atoms with Crippen molar-refractivity contribution in [2.45, 2.75) is 51.8 Å². The molecule has 15 heavy (non-hydrogen) atoms. The molecule has 90 valence electrons.